The van der Waals surface area contributed by atoms with E-state index in [1.807, 2.05) is 55.8 Å². The number of benzene rings is 2. The van der Waals surface area contributed by atoms with Gasteiger partial charge >= 0.3 is 0 Å². The van der Waals surface area contributed by atoms with Gasteiger partial charge in [0, 0.05) is 18.2 Å². The molecule has 0 saturated carbocycles. The minimum atomic E-state index is -0.414. The molecule has 1 unspecified atom stereocenters. The van der Waals surface area contributed by atoms with Gasteiger partial charge in [0.05, 0.1) is 17.4 Å². The summed E-state index contributed by atoms with van der Waals surface area (Å²) in [6.45, 7) is 3.82. The normalized spacial score (nSPS) is 12.3. The van der Waals surface area contributed by atoms with Crippen molar-refractivity contribution < 1.29 is 9.32 Å². The summed E-state index contributed by atoms with van der Waals surface area (Å²) in [7, 11) is 1.92. The molecule has 0 radical (unpaired) electrons. The molecule has 2 aromatic heterocycles. The number of aromatic nitrogens is 4. The van der Waals surface area contributed by atoms with E-state index in [0.29, 0.717) is 17.3 Å². The van der Waals surface area contributed by atoms with Crippen LogP contribution >= 0.6 is 0 Å². The molecule has 1 amide bonds. The van der Waals surface area contributed by atoms with Crippen LogP contribution in [0.25, 0.3) is 22.4 Å². The Hall–Kier alpha value is -3.48. The van der Waals surface area contributed by atoms with Crippen molar-refractivity contribution in [3.63, 3.8) is 0 Å². The number of nitrogens with one attached hydrogen (secondary N) is 1. The average Bonchev–Trinajstić information content (AvgIpc) is 3.29. The van der Waals surface area contributed by atoms with Crippen LogP contribution in [0.15, 0.2) is 53.3 Å². The second-order valence-corrected chi connectivity index (χ2v) is 6.58. The minimum Gasteiger partial charge on any atom is -0.341 e. The van der Waals surface area contributed by atoms with Crippen molar-refractivity contribution in [2.45, 2.75) is 19.9 Å². The molecule has 4 rings (SSSR count). The Bertz CT molecular complexity index is 1130. The first-order chi connectivity index (χ1) is 13.0. The molecule has 0 aliphatic rings. The molecule has 7 nitrogen and oxygen atoms in total. The molecule has 0 bridgehead atoms. The lowest BCUT2D eigenvalue weighted by molar-refractivity contribution is 0.0932. The van der Waals surface area contributed by atoms with Gasteiger partial charge in [0.15, 0.2) is 0 Å². The number of nitrogens with zero attached hydrogens (tertiary/aromatic N) is 4. The Morgan fingerprint density at radius 2 is 2.07 bits per heavy atom. The number of aryl methyl sites for hydroxylation is 2. The van der Waals surface area contributed by atoms with Crippen molar-refractivity contribution in [1.82, 2.24) is 25.0 Å². The molecular formula is C20H19N5O2. The number of hydrogen-bond donors (Lipinski definition) is 1. The van der Waals surface area contributed by atoms with Gasteiger partial charge < -0.3 is 14.4 Å². The number of carbonyl (C=O) groups is 1. The Balaban J connectivity index is 1.51. The van der Waals surface area contributed by atoms with Crippen LogP contribution in [0.1, 0.15) is 34.8 Å². The topological polar surface area (TPSA) is 85.8 Å². The standard InChI is InChI=1S/C20H19N5O2/c1-12-5-4-6-14(9-12)18-23-20(27-24-18)13(2)22-19(26)15-7-8-17-16(10-15)21-11-25(17)3/h4-11,13H,1-3H3,(H,22,26). The number of hydrogen-bond acceptors (Lipinski definition) is 5. The Morgan fingerprint density at radius 3 is 2.89 bits per heavy atom. The smallest absolute Gasteiger partial charge is 0.251 e. The maximum atomic E-state index is 12.6. The SMILES string of the molecule is Cc1cccc(-c2noc(C(C)NC(=O)c3ccc4c(c3)ncn4C)n2)c1. The zero-order chi connectivity index (χ0) is 19.0. The van der Waals surface area contributed by atoms with Crippen molar-refractivity contribution in [3.8, 4) is 11.4 Å². The molecule has 0 aliphatic carbocycles. The summed E-state index contributed by atoms with van der Waals surface area (Å²) in [5.74, 6) is 0.647. The molecular weight excluding hydrogens is 342 g/mol. The van der Waals surface area contributed by atoms with E-state index < -0.39 is 6.04 Å². The fraction of sp³-hybridized carbons (Fsp3) is 0.200. The predicted molar refractivity (Wildman–Crippen MR) is 101 cm³/mol. The van der Waals surface area contributed by atoms with Gasteiger partial charge in [-0.2, -0.15) is 4.98 Å². The average molecular weight is 361 g/mol. The highest BCUT2D eigenvalue weighted by molar-refractivity contribution is 5.97. The number of carbonyl (C=O) groups excluding carboxylic acids is 1. The molecule has 1 atom stereocenters. The lowest BCUT2D eigenvalue weighted by atomic mass is 10.1. The van der Waals surface area contributed by atoms with Crippen LogP contribution in [0.4, 0.5) is 0 Å². The van der Waals surface area contributed by atoms with E-state index in [1.165, 1.54) is 0 Å². The van der Waals surface area contributed by atoms with E-state index in [0.717, 1.165) is 22.2 Å². The summed E-state index contributed by atoms with van der Waals surface area (Å²) in [5.41, 5.74) is 4.28. The molecule has 2 aromatic carbocycles. The molecule has 1 N–H and O–H groups in total. The van der Waals surface area contributed by atoms with E-state index in [-0.39, 0.29) is 5.91 Å². The van der Waals surface area contributed by atoms with Gasteiger partial charge in [-0.1, -0.05) is 28.9 Å². The molecule has 4 aromatic rings. The van der Waals surface area contributed by atoms with Gasteiger partial charge in [-0.15, -0.1) is 0 Å². The third kappa shape index (κ3) is 3.31. The van der Waals surface area contributed by atoms with Crippen molar-refractivity contribution in [2.24, 2.45) is 7.05 Å². The van der Waals surface area contributed by atoms with Crippen molar-refractivity contribution in [2.75, 3.05) is 0 Å². The van der Waals surface area contributed by atoms with Gasteiger partial charge in [-0.05, 0) is 38.1 Å². The summed E-state index contributed by atoms with van der Waals surface area (Å²) in [5, 5.41) is 6.91. The highest BCUT2D eigenvalue weighted by Crippen LogP contribution is 2.20. The number of imidazole rings is 1. The zero-order valence-corrected chi connectivity index (χ0v) is 15.3. The molecule has 2 heterocycles. The zero-order valence-electron chi connectivity index (χ0n) is 15.3. The maximum Gasteiger partial charge on any atom is 0.251 e. The van der Waals surface area contributed by atoms with E-state index >= 15 is 0 Å². The van der Waals surface area contributed by atoms with Crippen LogP contribution in [0.5, 0.6) is 0 Å². The highest BCUT2D eigenvalue weighted by Gasteiger charge is 2.18. The third-order valence-corrected chi connectivity index (χ3v) is 4.42. The summed E-state index contributed by atoms with van der Waals surface area (Å²) >= 11 is 0. The molecule has 136 valence electrons. The van der Waals surface area contributed by atoms with Gasteiger partial charge in [0.25, 0.3) is 5.91 Å². The number of rotatable bonds is 4. The number of amides is 1. The van der Waals surface area contributed by atoms with Crippen LogP contribution in [0.3, 0.4) is 0 Å². The molecule has 0 aliphatic heterocycles. The molecule has 0 fully saturated rings. The number of fused-ring (bicyclic) bond motifs is 1. The van der Waals surface area contributed by atoms with Crippen LogP contribution in [0.2, 0.25) is 0 Å². The largest absolute Gasteiger partial charge is 0.341 e. The fourth-order valence-electron chi connectivity index (χ4n) is 2.93. The third-order valence-electron chi connectivity index (χ3n) is 4.42. The molecule has 0 spiro atoms. The van der Waals surface area contributed by atoms with E-state index in [9.17, 15) is 4.79 Å². The quantitative estimate of drug-likeness (QED) is 0.602. The highest BCUT2D eigenvalue weighted by atomic mass is 16.5. The maximum absolute atomic E-state index is 12.6. The summed E-state index contributed by atoms with van der Waals surface area (Å²) in [6.07, 6.45) is 1.72. The van der Waals surface area contributed by atoms with Crippen LogP contribution in [-0.2, 0) is 7.05 Å². The second kappa shape index (κ2) is 6.68. The summed E-state index contributed by atoms with van der Waals surface area (Å²) in [6, 6.07) is 12.9. The fourth-order valence-corrected chi connectivity index (χ4v) is 2.93. The van der Waals surface area contributed by atoms with E-state index in [2.05, 4.69) is 20.4 Å². The van der Waals surface area contributed by atoms with Gasteiger partial charge in [0.2, 0.25) is 11.7 Å². The van der Waals surface area contributed by atoms with E-state index in [4.69, 9.17) is 4.52 Å². The van der Waals surface area contributed by atoms with Gasteiger partial charge in [-0.3, -0.25) is 4.79 Å². The van der Waals surface area contributed by atoms with Crippen molar-refractivity contribution in [1.29, 1.82) is 0 Å². The predicted octanol–water partition coefficient (Wildman–Crippen LogP) is 3.42. The molecule has 0 saturated heterocycles. The van der Waals surface area contributed by atoms with E-state index in [1.54, 1.807) is 18.5 Å². The van der Waals surface area contributed by atoms with Crippen molar-refractivity contribution in [3.05, 3.63) is 65.8 Å². The minimum absolute atomic E-state index is 0.217. The first-order valence-corrected chi connectivity index (χ1v) is 8.64. The lowest BCUT2D eigenvalue weighted by Crippen LogP contribution is -2.26. The summed E-state index contributed by atoms with van der Waals surface area (Å²) in [4.78, 5) is 21.3. The molecule has 7 heteroatoms. The Morgan fingerprint density at radius 1 is 1.22 bits per heavy atom. The first-order valence-electron chi connectivity index (χ1n) is 8.64. The van der Waals surface area contributed by atoms with Crippen LogP contribution < -0.4 is 5.32 Å². The Kier molecular flexibility index (Phi) is 4.19. The summed E-state index contributed by atoms with van der Waals surface area (Å²) < 4.78 is 7.25. The molecule has 27 heavy (non-hydrogen) atoms. The van der Waals surface area contributed by atoms with Gasteiger partial charge in [0.1, 0.15) is 6.04 Å². The van der Waals surface area contributed by atoms with Crippen LogP contribution in [-0.4, -0.2) is 25.6 Å². The Labute approximate surface area is 156 Å². The van der Waals surface area contributed by atoms with Gasteiger partial charge in [-0.25, -0.2) is 4.98 Å². The lowest BCUT2D eigenvalue weighted by Gasteiger charge is -2.09. The monoisotopic (exact) mass is 361 g/mol. The first kappa shape index (κ1) is 17.0. The van der Waals surface area contributed by atoms with Crippen LogP contribution in [0, 0.1) is 6.92 Å². The van der Waals surface area contributed by atoms with Crippen molar-refractivity contribution >= 4 is 16.9 Å². The second-order valence-electron chi connectivity index (χ2n) is 6.58.